The van der Waals surface area contributed by atoms with Crippen LogP contribution in [0.5, 0.6) is 0 Å². The predicted molar refractivity (Wildman–Crippen MR) is 171 cm³/mol. The van der Waals surface area contributed by atoms with Crippen LogP contribution < -0.4 is 54.0 Å². The van der Waals surface area contributed by atoms with Gasteiger partial charge < -0.3 is 54.0 Å². The molecular formula is C30H46N10O5. The van der Waals surface area contributed by atoms with Crippen molar-refractivity contribution < 1.29 is 24.0 Å². The summed E-state index contributed by atoms with van der Waals surface area (Å²) in [5.74, 6) is -0.670. The van der Waals surface area contributed by atoms with Crippen LogP contribution >= 0.6 is 0 Å². The number of primary amides is 1. The number of carbonyl (C=O) groups excluding carboxylic acids is 5. The molecule has 0 fully saturated rings. The summed E-state index contributed by atoms with van der Waals surface area (Å²) >= 11 is 0. The lowest BCUT2D eigenvalue weighted by atomic mass is 10.1. The molecule has 0 heterocycles. The van der Waals surface area contributed by atoms with E-state index in [1.165, 1.54) is 6.92 Å². The number of nitrogens with one attached hydrogen (secondary N) is 8. The molecule has 0 saturated heterocycles. The molecule has 0 aliphatic rings. The van der Waals surface area contributed by atoms with Gasteiger partial charge in [-0.3, -0.25) is 4.79 Å². The van der Waals surface area contributed by atoms with E-state index in [9.17, 15) is 24.0 Å². The molecule has 2 aromatic rings. The molecule has 0 spiro atoms. The van der Waals surface area contributed by atoms with Crippen LogP contribution in [0.4, 0.5) is 19.2 Å². The van der Waals surface area contributed by atoms with Crippen molar-refractivity contribution in [3.05, 3.63) is 71.8 Å². The van der Waals surface area contributed by atoms with Crippen molar-refractivity contribution in [1.82, 2.24) is 42.5 Å². The van der Waals surface area contributed by atoms with Gasteiger partial charge in [-0.2, -0.15) is 0 Å². The first-order valence-corrected chi connectivity index (χ1v) is 14.8. The molecule has 15 nitrogen and oxygen atoms in total. The van der Waals surface area contributed by atoms with E-state index in [1.54, 1.807) is 6.92 Å². The Morgan fingerprint density at radius 3 is 1.53 bits per heavy atom. The third-order valence-electron chi connectivity index (χ3n) is 6.49. The van der Waals surface area contributed by atoms with E-state index in [-0.39, 0.29) is 25.7 Å². The number of carbonyl (C=O) groups is 5. The normalized spacial score (nSPS) is 13.1. The van der Waals surface area contributed by atoms with Crippen LogP contribution in [-0.4, -0.2) is 86.9 Å². The number of urea groups is 4. The lowest BCUT2D eigenvalue weighted by Gasteiger charge is -2.23. The van der Waals surface area contributed by atoms with E-state index >= 15 is 0 Å². The first-order valence-electron chi connectivity index (χ1n) is 14.8. The van der Waals surface area contributed by atoms with E-state index < -0.39 is 48.2 Å². The maximum absolute atomic E-state index is 13.0. The summed E-state index contributed by atoms with van der Waals surface area (Å²) < 4.78 is 0. The van der Waals surface area contributed by atoms with E-state index in [1.807, 2.05) is 60.7 Å². The number of hydrogen-bond donors (Lipinski definition) is 10. The van der Waals surface area contributed by atoms with Gasteiger partial charge in [-0.05, 0) is 37.8 Å². The van der Waals surface area contributed by atoms with Gasteiger partial charge in [0, 0.05) is 38.8 Å². The molecule has 2 rings (SSSR count). The van der Waals surface area contributed by atoms with Crippen molar-refractivity contribution >= 4 is 30.0 Å². The predicted octanol–water partition coefficient (Wildman–Crippen LogP) is -0.373. The average molecular weight is 627 g/mol. The molecule has 4 atom stereocenters. The fraction of sp³-hybridized carbons (Fsp3) is 0.433. The van der Waals surface area contributed by atoms with Gasteiger partial charge in [0.2, 0.25) is 5.91 Å². The zero-order valence-corrected chi connectivity index (χ0v) is 25.7. The first kappa shape index (κ1) is 36.1. The Labute approximate surface area is 263 Å². The number of rotatable bonds is 17. The third kappa shape index (κ3) is 15.8. The lowest BCUT2D eigenvalue weighted by molar-refractivity contribution is -0.119. The van der Waals surface area contributed by atoms with Crippen LogP contribution in [0, 0.1) is 0 Å². The summed E-state index contributed by atoms with van der Waals surface area (Å²) in [7, 11) is 0. The minimum Gasteiger partial charge on any atom is -0.368 e. The molecule has 45 heavy (non-hydrogen) atoms. The second-order valence-electron chi connectivity index (χ2n) is 10.6. The Kier molecular flexibility index (Phi) is 16.1. The van der Waals surface area contributed by atoms with Gasteiger partial charge in [0.25, 0.3) is 0 Å². The molecule has 246 valence electrons. The third-order valence-corrected chi connectivity index (χ3v) is 6.49. The zero-order valence-electron chi connectivity index (χ0n) is 25.7. The number of benzene rings is 2. The molecule has 2 aromatic carbocycles. The molecule has 9 amide bonds. The monoisotopic (exact) mass is 626 g/mol. The van der Waals surface area contributed by atoms with Crippen molar-refractivity contribution in [2.45, 2.75) is 50.9 Å². The van der Waals surface area contributed by atoms with E-state index in [0.717, 1.165) is 11.1 Å². The number of hydrogen-bond acceptors (Lipinski definition) is 6. The molecule has 0 aromatic heterocycles. The van der Waals surface area contributed by atoms with Crippen LogP contribution in [0.25, 0.3) is 0 Å². The molecule has 0 aliphatic carbocycles. The highest BCUT2D eigenvalue weighted by Crippen LogP contribution is 2.05. The highest BCUT2D eigenvalue weighted by atomic mass is 16.2. The van der Waals surface area contributed by atoms with Crippen molar-refractivity contribution in [2.24, 2.45) is 11.5 Å². The van der Waals surface area contributed by atoms with Gasteiger partial charge in [-0.15, -0.1) is 0 Å². The smallest absolute Gasteiger partial charge is 0.315 e. The Hall–Kier alpha value is -5.05. The van der Waals surface area contributed by atoms with Crippen molar-refractivity contribution in [3.8, 4) is 0 Å². The molecule has 3 unspecified atom stereocenters. The van der Waals surface area contributed by atoms with E-state index in [4.69, 9.17) is 11.5 Å². The highest BCUT2D eigenvalue weighted by molar-refractivity contribution is 5.85. The van der Waals surface area contributed by atoms with Gasteiger partial charge in [0.1, 0.15) is 6.04 Å². The van der Waals surface area contributed by atoms with Crippen LogP contribution in [0.1, 0.15) is 25.0 Å². The topological polar surface area (TPSA) is 234 Å². The van der Waals surface area contributed by atoms with Gasteiger partial charge in [-0.25, -0.2) is 19.2 Å². The summed E-state index contributed by atoms with van der Waals surface area (Å²) in [5.41, 5.74) is 12.5. The second kappa shape index (κ2) is 20.0. The van der Waals surface area contributed by atoms with Crippen molar-refractivity contribution in [3.63, 3.8) is 0 Å². The van der Waals surface area contributed by atoms with Crippen LogP contribution in [0.2, 0.25) is 0 Å². The average Bonchev–Trinajstić information content (AvgIpc) is 3.01. The number of amides is 9. The molecular weight excluding hydrogens is 580 g/mol. The summed E-state index contributed by atoms with van der Waals surface area (Å²) in [4.78, 5) is 60.9. The van der Waals surface area contributed by atoms with Gasteiger partial charge in [-0.1, -0.05) is 60.7 Å². The summed E-state index contributed by atoms with van der Waals surface area (Å²) in [6, 6.07) is 14.9. The summed E-state index contributed by atoms with van der Waals surface area (Å²) in [6.07, 6.45) is 0.914. The van der Waals surface area contributed by atoms with E-state index in [0.29, 0.717) is 25.9 Å². The molecule has 15 heteroatoms. The fourth-order valence-electron chi connectivity index (χ4n) is 4.13. The van der Waals surface area contributed by atoms with Gasteiger partial charge in [0.05, 0.1) is 12.1 Å². The minimum absolute atomic E-state index is 0.100. The Morgan fingerprint density at radius 2 is 1.07 bits per heavy atom. The Morgan fingerprint density at radius 1 is 0.600 bits per heavy atom. The molecule has 0 radical (unpaired) electrons. The molecule has 0 bridgehead atoms. The van der Waals surface area contributed by atoms with Crippen molar-refractivity contribution in [1.29, 1.82) is 0 Å². The fourth-order valence-corrected chi connectivity index (χ4v) is 4.13. The minimum atomic E-state index is -0.845. The van der Waals surface area contributed by atoms with E-state index in [2.05, 4.69) is 42.5 Å². The highest BCUT2D eigenvalue weighted by Gasteiger charge is 2.19. The van der Waals surface area contributed by atoms with Crippen LogP contribution in [0.15, 0.2) is 60.7 Å². The molecule has 0 saturated carbocycles. The summed E-state index contributed by atoms with van der Waals surface area (Å²) in [6.45, 7) is 4.17. The second-order valence-corrected chi connectivity index (χ2v) is 10.6. The maximum atomic E-state index is 13.0. The SMILES string of the molecule is CC(CNC(=O)NC(CNC(=O)N[C@H](CNC(=O)NCCN)Cc1ccccc1)Cc1ccccc1)NC(=O)NC(C)C(N)=O. The molecule has 0 aliphatic heterocycles. The maximum Gasteiger partial charge on any atom is 0.315 e. The number of nitrogens with two attached hydrogens (primary N) is 2. The first-order chi connectivity index (χ1) is 21.5. The molecule has 12 N–H and O–H groups in total. The standard InChI is InChI=1S/C30H46N10O5/c1-20(37-30(45)38-21(2)26(32)41)17-34-28(43)39-25(16-23-11-7-4-8-12-23)19-36-29(44)40-24(15-22-9-5-3-6-10-22)18-35-27(42)33-14-13-31/h3-12,20-21,24-25H,13-19,31H2,1-2H3,(H2,32,41)(H2,33,35,42)(H2,34,39,43)(H2,36,40,44)(H2,37,38,45)/t20?,21?,24-,25?/m0/s1. The Balaban J connectivity index is 1.95. The van der Waals surface area contributed by atoms with Crippen LogP contribution in [-0.2, 0) is 17.6 Å². The van der Waals surface area contributed by atoms with Crippen LogP contribution in [0.3, 0.4) is 0 Å². The van der Waals surface area contributed by atoms with Gasteiger partial charge >= 0.3 is 24.1 Å². The Bertz CT molecular complexity index is 1220. The van der Waals surface area contributed by atoms with Gasteiger partial charge in [0.15, 0.2) is 0 Å². The summed E-state index contributed by atoms with van der Waals surface area (Å²) in [5, 5.41) is 21.7. The largest absolute Gasteiger partial charge is 0.368 e. The lowest BCUT2D eigenvalue weighted by Crippen LogP contribution is -2.55. The quantitative estimate of drug-likeness (QED) is 0.112. The van der Waals surface area contributed by atoms with Crippen molar-refractivity contribution in [2.75, 3.05) is 32.7 Å². The zero-order chi connectivity index (χ0) is 33.0.